The lowest BCUT2D eigenvalue weighted by Gasteiger charge is -2.32. The first-order valence-corrected chi connectivity index (χ1v) is 11.4. The van der Waals surface area contributed by atoms with Crippen molar-refractivity contribution in [1.29, 1.82) is 0 Å². The average Bonchev–Trinajstić information content (AvgIpc) is 2.81. The molecule has 1 saturated heterocycles. The molecule has 1 aliphatic rings. The second kappa shape index (κ2) is 10.4. The molecule has 1 fully saturated rings. The standard InChI is InChI=1S/C24H31N5O3/c1-4-30-23-20-16-19(7-8-21(20)25-24(26-23)31-5-2)32-15-12-18-10-13-29(14-11-18)22-9-6-17(3)27-28-22/h6-9,16,18H,4-5,10-15H2,1-3H3. The van der Waals surface area contributed by atoms with Crippen molar-refractivity contribution in [2.24, 2.45) is 5.92 Å². The summed E-state index contributed by atoms with van der Waals surface area (Å²) >= 11 is 0. The first-order valence-electron chi connectivity index (χ1n) is 11.4. The number of rotatable bonds is 9. The second-order valence-electron chi connectivity index (χ2n) is 7.96. The molecular weight excluding hydrogens is 406 g/mol. The maximum absolute atomic E-state index is 6.07. The van der Waals surface area contributed by atoms with Crippen LogP contribution < -0.4 is 19.1 Å². The highest BCUT2D eigenvalue weighted by Gasteiger charge is 2.20. The number of fused-ring (bicyclic) bond motifs is 1. The molecule has 0 radical (unpaired) electrons. The predicted octanol–water partition coefficient (Wildman–Crippen LogP) is 4.21. The van der Waals surface area contributed by atoms with Crippen LogP contribution in [0.25, 0.3) is 10.9 Å². The summed E-state index contributed by atoms with van der Waals surface area (Å²) in [5.74, 6) is 2.96. The Morgan fingerprint density at radius 1 is 0.938 bits per heavy atom. The van der Waals surface area contributed by atoms with Crippen LogP contribution in [0.15, 0.2) is 30.3 Å². The third-order valence-electron chi connectivity index (χ3n) is 5.68. The zero-order valence-corrected chi connectivity index (χ0v) is 19.1. The Kier molecular flexibility index (Phi) is 7.19. The van der Waals surface area contributed by atoms with Crippen molar-refractivity contribution in [2.45, 2.75) is 40.0 Å². The molecule has 0 saturated carbocycles. The van der Waals surface area contributed by atoms with Gasteiger partial charge in [-0.25, -0.2) is 0 Å². The molecule has 1 aliphatic heterocycles. The van der Waals surface area contributed by atoms with Gasteiger partial charge in [-0.15, -0.1) is 5.10 Å². The summed E-state index contributed by atoms with van der Waals surface area (Å²) in [7, 11) is 0. The third-order valence-corrected chi connectivity index (χ3v) is 5.68. The van der Waals surface area contributed by atoms with E-state index in [9.17, 15) is 0 Å². The van der Waals surface area contributed by atoms with E-state index < -0.39 is 0 Å². The molecule has 0 spiro atoms. The zero-order valence-electron chi connectivity index (χ0n) is 19.1. The van der Waals surface area contributed by atoms with Crippen molar-refractivity contribution in [1.82, 2.24) is 20.2 Å². The van der Waals surface area contributed by atoms with Crippen molar-refractivity contribution < 1.29 is 14.2 Å². The maximum Gasteiger partial charge on any atom is 0.320 e. The normalized spacial score (nSPS) is 14.5. The van der Waals surface area contributed by atoms with Crippen molar-refractivity contribution in [3.8, 4) is 17.6 Å². The molecular formula is C24H31N5O3. The summed E-state index contributed by atoms with van der Waals surface area (Å²) in [4.78, 5) is 11.2. The van der Waals surface area contributed by atoms with E-state index in [-0.39, 0.29) is 0 Å². The van der Waals surface area contributed by atoms with Gasteiger partial charge in [0.05, 0.1) is 36.4 Å². The van der Waals surface area contributed by atoms with E-state index in [0.717, 1.165) is 60.5 Å². The molecule has 3 heterocycles. The molecule has 4 rings (SSSR count). The van der Waals surface area contributed by atoms with E-state index in [0.29, 0.717) is 37.6 Å². The molecule has 2 aromatic heterocycles. The van der Waals surface area contributed by atoms with Gasteiger partial charge in [0, 0.05) is 13.1 Å². The molecule has 0 atom stereocenters. The number of hydrogen-bond donors (Lipinski definition) is 0. The highest BCUT2D eigenvalue weighted by Crippen LogP contribution is 2.29. The Morgan fingerprint density at radius 2 is 1.75 bits per heavy atom. The van der Waals surface area contributed by atoms with E-state index in [1.165, 1.54) is 0 Å². The van der Waals surface area contributed by atoms with Crippen molar-refractivity contribution in [3.05, 3.63) is 36.0 Å². The SMILES string of the molecule is CCOc1nc(OCC)c2cc(OCCC3CCN(c4ccc(C)nn4)CC3)ccc2n1. The summed E-state index contributed by atoms with van der Waals surface area (Å²) < 4.78 is 17.2. The van der Waals surface area contributed by atoms with Gasteiger partial charge in [-0.2, -0.15) is 15.1 Å². The lowest BCUT2D eigenvalue weighted by Crippen LogP contribution is -2.34. The molecule has 32 heavy (non-hydrogen) atoms. The minimum absolute atomic E-state index is 0.333. The highest BCUT2D eigenvalue weighted by molar-refractivity contribution is 5.85. The number of ether oxygens (including phenoxy) is 3. The Labute approximate surface area is 188 Å². The van der Waals surface area contributed by atoms with E-state index in [1.54, 1.807) is 0 Å². The molecule has 1 aromatic carbocycles. The Hall–Kier alpha value is -3.16. The predicted molar refractivity (Wildman–Crippen MR) is 124 cm³/mol. The molecule has 170 valence electrons. The van der Waals surface area contributed by atoms with Gasteiger partial charge in [0.25, 0.3) is 0 Å². The van der Waals surface area contributed by atoms with Gasteiger partial charge in [-0.1, -0.05) is 0 Å². The average molecular weight is 438 g/mol. The van der Waals surface area contributed by atoms with Gasteiger partial charge in [-0.3, -0.25) is 0 Å². The Balaban J connectivity index is 1.32. The maximum atomic E-state index is 6.07. The molecule has 8 heteroatoms. The lowest BCUT2D eigenvalue weighted by molar-refractivity contribution is 0.258. The van der Waals surface area contributed by atoms with Crippen LogP contribution in [0.5, 0.6) is 17.6 Å². The van der Waals surface area contributed by atoms with E-state index in [1.807, 2.05) is 45.0 Å². The van der Waals surface area contributed by atoms with Crippen LogP contribution in [0.2, 0.25) is 0 Å². The van der Waals surface area contributed by atoms with Crippen LogP contribution in [0.4, 0.5) is 5.82 Å². The number of anilines is 1. The molecule has 0 amide bonds. The quantitative estimate of drug-likeness (QED) is 0.492. The van der Waals surface area contributed by atoms with Gasteiger partial charge in [0.1, 0.15) is 5.75 Å². The molecule has 0 N–H and O–H groups in total. The van der Waals surface area contributed by atoms with E-state index in [4.69, 9.17) is 14.2 Å². The summed E-state index contributed by atoms with van der Waals surface area (Å²) in [6.07, 6.45) is 3.31. The first kappa shape index (κ1) is 22.0. The largest absolute Gasteiger partial charge is 0.494 e. The van der Waals surface area contributed by atoms with Crippen molar-refractivity contribution >= 4 is 16.7 Å². The lowest BCUT2D eigenvalue weighted by atomic mass is 9.94. The number of nitrogens with zero attached hydrogens (tertiary/aromatic N) is 5. The van der Waals surface area contributed by atoms with Crippen molar-refractivity contribution in [2.75, 3.05) is 37.8 Å². The van der Waals surface area contributed by atoms with Gasteiger partial charge in [0.15, 0.2) is 5.82 Å². The Bertz CT molecular complexity index is 1020. The minimum atomic E-state index is 0.333. The summed E-state index contributed by atoms with van der Waals surface area (Å²) in [5.41, 5.74) is 1.73. The van der Waals surface area contributed by atoms with Gasteiger partial charge in [0.2, 0.25) is 5.88 Å². The van der Waals surface area contributed by atoms with Crippen LogP contribution in [-0.4, -0.2) is 53.1 Å². The highest BCUT2D eigenvalue weighted by atomic mass is 16.5. The van der Waals surface area contributed by atoms with Crippen molar-refractivity contribution in [3.63, 3.8) is 0 Å². The molecule has 8 nitrogen and oxygen atoms in total. The topological polar surface area (TPSA) is 82.5 Å². The number of benzene rings is 1. The molecule has 0 bridgehead atoms. The number of piperidine rings is 1. The van der Waals surface area contributed by atoms with Gasteiger partial charge < -0.3 is 19.1 Å². The smallest absolute Gasteiger partial charge is 0.320 e. The van der Waals surface area contributed by atoms with Crippen LogP contribution in [0, 0.1) is 12.8 Å². The van der Waals surface area contributed by atoms with Gasteiger partial charge >= 0.3 is 6.01 Å². The molecule has 3 aromatic rings. The fourth-order valence-corrected chi connectivity index (χ4v) is 3.94. The fraction of sp³-hybridized carbons (Fsp3) is 0.500. The fourth-order valence-electron chi connectivity index (χ4n) is 3.94. The minimum Gasteiger partial charge on any atom is -0.494 e. The monoisotopic (exact) mass is 437 g/mol. The van der Waals surface area contributed by atoms with Crippen LogP contribution in [0.3, 0.4) is 0 Å². The molecule has 0 unspecified atom stereocenters. The Morgan fingerprint density at radius 3 is 2.47 bits per heavy atom. The second-order valence-corrected chi connectivity index (χ2v) is 7.96. The first-order chi connectivity index (χ1) is 15.7. The molecule has 0 aliphatic carbocycles. The summed E-state index contributed by atoms with van der Waals surface area (Å²) in [6.45, 7) is 9.54. The van der Waals surface area contributed by atoms with Crippen LogP contribution in [-0.2, 0) is 0 Å². The van der Waals surface area contributed by atoms with E-state index in [2.05, 4.69) is 31.1 Å². The van der Waals surface area contributed by atoms with Gasteiger partial charge in [-0.05, 0) is 76.3 Å². The number of aromatic nitrogens is 4. The summed E-state index contributed by atoms with van der Waals surface area (Å²) in [6, 6.07) is 10.2. The van der Waals surface area contributed by atoms with Crippen LogP contribution in [0.1, 0.15) is 38.8 Å². The van der Waals surface area contributed by atoms with Crippen LogP contribution >= 0.6 is 0 Å². The third kappa shape index (κ3) is 5.36. The van der Waals surface area contributed by atoms with E-state index >= 15 is 0 Å². The number of hydrogen-bond acceptors (Lipinski definition) is 8. The summed E-state index contributed by atoms with van der Waals surface area (Å²) in [5, 5.41) is 9.32. The number of aryl methyl sites for hydroxylation is 1. The zero-order chi connectivity index (χ0) is 22.3.